The number of cyclic esters (lactones) is 1. The van der Waals surface area contributed by atoms with Crippen molar-refractivity contribution in [2.45, 2.75) is 6.42 Å². The molecule has 0 spiro atoms. The van der Waals surface area contributed by atoms with Crippen LogP contribution in [-0.4, -0.2) is 28.9 Å². The van der Waals surface area contributed by atoms with E-state index in [0.717, 1.165) is 27.6 Å². The summed E-state index contributed by atoms with van der Waals surface area (Å²) in [7, 11) is 1.86. The Balaban J connectivity index is 1.79. The van der Waals surface area contributed by atoms with Gasteiger partial charge in [0.15, 0.2) is 5.70 Å². The second-order valence-corrected chi connectivity index (χ2v) is 6.81. The first-order valence-electron chi connectivity index (χ1n) is 9.10. The largest absolute Gasteiger partial charge is 0.402 e. The monoisotopic (exact) mass is 371 g/mol. The number of benzene rings is 2. The molecule has 2 aliphatic rings. The number of nitrogens with one attached hydrogen (secondary N) is 1. The molecule has 0 unspecified atom stereocenters. The van der Waals surface area contributed by atoms with Gasteiger partial charge in [-0.2, -0.15) is 0 Å². The molecule has 1 amide bonds. The fraction of sp³-hybridized carbons (Fsp3) is 0.136. The maximum atomic E-state index is 12.7. The highest BCUT2D eigenvalue weighted by Crippen LogP contribution is 2.37. The van der Waals surface area contributed by atoms with Crippen LogP contribution in [0, 0.1) is 0 Å². The van der Waals surface area contributed by atoms with E-state index in [0.29, 0.717) is 24.6 Å². The molecular formula is C22H17N3O3. The number of esters is 1. The third-order valence-electron chi connectivity index (χ3n) is 5.19. The van der Waals surface area contributed by atoms with Gasteiger partial charge < -0.3 is 14.6 Å². The zero-order valence-electron chi connectivity index (χ0n) is 15.2. The number of ether oxygens (including phenoxy) is 1. The lowest BCUT2D eigenvalue weighted by atomic mass is 9.98. The molecule has 0 saturated heterocycles. The van der Waals surface area contributed by atoms with Crippen LogP contribution in [-0.2, 0) is 16.6 Å². The molecule has 0 bridgehead atoms. The van der Waals surface area contributed by atoms with Crippen molar-refractivity contribution in [3.63, 3.8) is 0 Å². The average Bonchev–Trinajstić information content (AvgIpc) is 3.18. The number of carbonyl (C=O) groups excluding carboxylic acids is 2. The molecule has 3 heterocycles. The van der Waals surface area contributed by atoms with Crippen molar-refractivity contribution in [3.05, 3.63) is 77.1 Å². The van der Waals surface area contributed by atoms with Gasteiger partial charge in [-0.3, -0.25) is 4.79 Å². The van der Waals surface area contributed by atoms with Crippen LogP contribution >= 0.6 is 0 Å². The second-order valence-electron chi connectivity index (χ2n) is 6.81. The van der Waals surface area contributed by atoms with Crippen molar-refractivity contribution < 1.29 is 14.3 Å². The van der Waals surface area contributed by atoms with E-state index < -0.39 is 5.97 Å². The van der Waals surface area contributed by atoms with Crippen LogP contribution in [0.5, 0.6) is 0 Å². The zero-order valence-corrected chi connectivity index (χ0v) is 15.2. The van der Waals surface area contributed by atoms with Crippen LogP contribution < -0.4 is 5.32 Å². The number of aliphatic imine (C=N–C) groups is 1. The fourth-order valence-corrected chi connectivity index (χ4v) is 3.91. The molecule has 0 saturated carbocycles. The summed E-state index contributed by atoms with van der Waals surface area (Å²) in [6.45, 7) is 0.435. The number of hydrogen-bond donors (Lipinski definition) is 1. The van der Waals surface area contributed by atoms with E-state index in [9.17, 15) is 9.59 Å². The van der Waals surface area contributed by atoms with Crippen molar-refractivity contribution >= 4 is 34.3 Å². The highest BCUT2D eigenvalue weighted by Gasteiger charge is 2.33. The number of para-hydroxylation sites is 1. The van der Waals surface area contributed by atoms with Gasteiger partial charge >= 0.3 is 5.97 Å². The topological polar surface area (TPSA) is 72.7 Å². The van der Waals surface area contributed by atoms with Crippen molar-refractivity contribution in [2.75, 3.05) is 6.54 Å². The third-order valence-corrected chi connectivity index (χ3v) is 5.19. The SMILES string of the molecule is Cn1c2c(c3ccccc31)/C(=C1\N=C(c3ccccc3)OC1=O)CCNC2=O. The van der Waals surface area contributed by atoms with Crippen LogP contribution in [0.4, 0.5) is 0 Å². The van der Waals surface area contributed by atoms with E-state index in [1.54, 1.807) is 0 Å². The van der Waals surface area contributed by atoms with E-state index in [1.807, 2.05) is 66.2 Å². The Morgan fingerprint density at radius 2 is 1.79 bits per heavy atom. The van der Waals surface area contributed by atoms with E-state index in [2.05, 4.69) is 10.3 Å². The highest BCUT2D eigenvalue weighted by atomic mass is 16.6. The lowest BCUT2D eigenvalue weighted by Gasteiger charge is -2.05. The lowest BCUT2D eigenvalue weighted by molar-refractivity contribution is -0.129. The molecule has 6 nitrogen and oxygen atoms in total. The molecular weight excluding hydrogens is 354 g/mol. The Morgan fingerprint density at radius 3 is 2.61 bits per heavy atom. The number of fused-ring (bicyclic) bond motifs is 3. The van der Waals surface area contributed by atoms with Crippen molar-refractivity contribution in [1.29, 1.82) is 0 Å². The van der Waals surface area contributed by atoms with Crippen LogP contribution in [0.1, 0.15) is 28.0 Å². The molecule has 28 heavy (non-hydrogen) atoms. The molecule has 2 aliphatic heterocycles. The Hall–Kier alpha value is -3.67. The Labute approximate surface area is 161 Å². The zero-order chi connectivity index (χ0) is 19.3. The number of aromatic nitrogens is 1. The summed E-state index contributed by atoms with van der Waals surface area (Å²) in [6, 6.07) is 17.1. The molecule has 1 aromatic heterocycles. The van der Waals surface area contributed by atoms with E-state index >= 15 is 0 Å². The summed E-state index contributed by atoms with van der Waals surface area (Å²) in [6.07, 6.45) is 0.503. The van der Waals surface area contributed by atoms with Crippen molar-refractivity contribution in [2.24, 2.45) is 12.0 Å². The van der Waals surface area contributed by atoms with E-state index in [4.69, 9.17) is 4.74 Å². The Bertz CT molecular complexity index is 1200. The summed E-state index contributed by atoms with van der Waals surface area (Å²) < 4.78 is 7.32. The molecule has 0 aliphatic carbocycles. The highest BCUT2D eigenvalue weighted by molar-refractivity contribution is 6.17. The normalized spacial score (nSPS) is 19.1. The maximum Gasteiger partial charge on any atom is 0.364 e. The van der Waals surface area contributed by atoms with Crippen LogP contribution in [0.3, 0.4) is 0 Å². The van der Waals surface area contributed by atoms with Gasteiger partial charge in [0.05, 0.1) is 0 Å². The summed E-state index contributed by atoms with van der Waals surface area (Å²) in [5, 5.41) is 3.85. The quantitative estimate of drug-likeness (QED) is 0.528. The molecule has 138 valence electrons. The van der Waals surface area contributed by atoms with Gasteiger partial charge in [0.2, 0.25) is 5.90 Å². The first kappa shape index (κ1) is 16.5. The predicted molar refractivity (Wildman–Crippen MR) is 106 cm³/mol. The van der Waals surface area contributed by atoms with Gasteiger partial charge in [-0.15, -0.1) is 0 Å². The second kappa shape index (κ2) is 6.20. The van der Waals surface area contributed by atoms with Crippen LogP contribution in [0.2, 0.25) is 0 Å². The first-order valence-corrected chi connectivity index (χ1v) is 9.10. The number of aryl methyl sites for hydroxylation is 1. The number of nitrogens with zero attached hydrogens (tertiary/aromatic N) is 2. The number of carbonyl (C=O) groups is 2. The molecule has 5 rings (SSSR count). The minimum atomic E-state index is -0.484. The van der Waals surface area contributed by atoms with Gasteiger partial charge in [0.1, 0.15) is 5.69 Å². The van der Waals surface area contributed by atoms with Gasteiger partial charge in [0.25, 0.3) is 5.91 Å². The molecule has 1 N–H and O–H groups in total. The molecule has 3 aromatic rings. The molecule has 0 radical (unpaired) electrons. The minimum Gasteiger partial charge on any atom is -0.402 e. The molecule has 0 atom stereocenters. The average molecular weight is 371 g/mol. The summed E-state index contributed by atoms with van der Waals surface area (Å²) in [4.78, 5) is 29.9. The number of amides is 1. The van der Waals surface area contributed by atoms with Crippen LogP contribution in [0.25, 0.3) is 16.5 Å². The Morgan fingerprint density at radius 1 is 1.04 bits per heavy atom. The predicted octanol–water partition coefficient (Wildman–Crippen LogP) is 3.03. The first-order chi connectivity index (χ1) is 13.6. The smallest absolute Gasteiger partial charge is 0.364 e. The molecule has 0 fully saturated rings. The number of hydrogen-bond acceptors (Lipinski definition) is 4. The molecule has 2 aromatic carbocycles. The molecule has 6 heteroatoms. The van der Waals surface area contributed by atoms with Crippen LogP contribution in [0.15, 0.2) is 65.3 Å². The fourth-order valence-electron chi connectivity index (χ4n) is 3.91. The van der Waals surface area contributed by atoms with Gasteiger partial charge in [0, 0.05) is 35.6 Å². The van der Waals surface area contributed by atoms with Gasteiger partial charge in [-0.05, 0) is 30.2 Å². The van der Waals surface area contributed by atoms with Gasteiger partial charge in [-0.25, -0.2) is 9.79 Å². The summed E-state index contributed by atoms with van der Waals surface area (Å²) >= 11 is 0. The van der Waals surface area contributed by atoms with E-state index in [1.165, 1.54) is 0 Å². The standard InChI is InChI=1S/C22H17N3O3/c1-25-16-10-6-5-9-14(16)17-15(11-12-23-20(26)19(17)25)18-22(27)28-21(24-18)13-7-3-2-4-8-13/h2-10H,11-12H2,1H3,(H,23,26)/b18-15-. The minimum absolute atomic E-state index is 0.150. The van der Waals surface area contributed by atoms with Crippen molar-refractivity contribution in [3.8, 4) is 0 Å². The maximum absolute atomic E-state index is 12.7. The summed E-state index contributed by atoms with van der Waals surface area (Å²) in [5.41, 5.74) is 3.98. The lowest BCUT2D eigenvalue weighted by Crippen LogP contribution is -2.24. The third kappa shape index (κ3) is 2.38. The van der Waals surface area contributed by atoms with Crippen molar-refractivity contribution in [1.82, 2.24) is 9.88 Å². The Kier molecular flexibility index (Phi) is 3.65. The summed E-state index contributed by atoms with van der Waals surface area (Å²) in [5.74, 6) is -0.344. The number of rotatable bonds is 1. The van der Waals surface area contributed by atoms with Gasteiger partial charge in [-0.1, -0.05) is 36.4 Å². The van der Waals surface area contributed by atoms with E-state index in [-0.39, 0.29) is 11.6 Å².